The molecule has 5 nitrogen and oxygen atoms in total. The van der Waals surface area contributed by atoms with Gasteiger partial charge in [-0.1, -0.05) is 75.6 Å². The lowest BCUT2D eigenvalue weighted by atomic mass is 9.87. The van der Waals surface area contributed by atoms with Gasteiger partial charge in [-0.2, -0.15) is 0 Å². The van der Waals surface area contributed by atoms with E-state index in [2.05, 4.69) is 29.6 Å². The number of carboxylic acids is 1. The fourth-order valence-electron chi connectivity index (χ4n) is 4.81. The smallest absolute Gasteiger partial charge is 0.306 e. The van der Waals surface area contributed by atoms with E-state index >= 15 is 0 Å². The van der Waals surface area contributed by atoms with Crippen LogP contribution in [0.5, 0.6) is 0 Å². The number of fused-ring (bicyclic) bond motifs is 1. The molecule has 32 heavy (non-hydrogen) atoms. The Bertz CT molecular complexity index is 841. The fraction of sp³-hybridized carbons (Fsp3) is 0.593. The van der Waals surface area contributed by atoms with Crippen LogP contribution < -0.4 is 5.32 Å². The van der Waals surface area contributed by atoms with Gasteiger partial charge in [0.05, 0.1) is 31.3 Å². The van der Waals surface area contributed by atoms with Crippen LogP contribution in [0.15, 0.2) is 42.5 Å². The molecule has 1 aliphatic rings. The van der Waals surface area contributed by atoms with Crippen LogP contribution in [0.3, 0.4) is 0 Å². The predicted molar refractivity (Wildman–Crippen MR) is 129 cm³/mol. The SMILES string of the molecule is CC(C)C(CC(O)C(COCc1cccc2ccccc12)NCC1CCCCC1)C(=O)O. The minimum absolute atomic E-state index is 0.0299. The van der Waals surface area contributed by atoms with E-state index in [1.54, 1.807) is 0 Å². The van der Waals surface area contributed by atoms with Crippen molar-refractivity contribution >= 4 is 16.7 Å². The zero-order chi connectivity index (χ0) is 22.9. The van der Waals surface area contributed by atoms with Crippen molar-refractivity contribution in [1.29, 1.82) is 0 Å². The number of ether oxygens (including phenoxy) is 1. The van der Waals surface area contributed by atoms with Crippen LogP contribution >= 0.6 is 0 Å². The normalized spacial score (nSPS) is 18.0. The Morgan fingerprint density at radius 1 is 1.09 bits per heavy atom. The summed E-state index contributed by atoms with van der Waals surface area (Å²) >= 11 is 0. The third-order valence-electron chi connectivity index (χ3n) is 6.91. The Kier molecular flexibility index (Phi) is 9.51. The molecule has 2 aromatic carbocycles. The number of aliphatic hydroxyl groups excluding tert-OH is 1. The number of aliphatic carboxylic acids is 1. The molecule has 0 aliphatic heterocycles. The minimum atomic E-state index is -0.846. The molecule has 1 saturated carbocycles. The quantitative estimate of drug-likeness (QED) is 0.432. The maximum absolute atomic E-state index is 11.7. The van der Waals surface area contributed by atoms with E-state index in [9.17, 15) is 15.0 Å². The largest absolute Gasteiger partial charge is 0.481 e. The van der Waals surface area contributed by atoms with Crippen LogP contribution in [0, 0.1) is 17.8 Å². The Labute approximate surface area is 192 Å². The third kappa shape index (κ3) is 7.03. The van der Waals surface area contributed by atoms with Crippen LogP contribution in [0.4, 0.5) is 0 Å². The lowest BCUT2D eigenvalue weighted by Gasteiger charge is -2.30. The molecule has 0 aromatic heterocycles. The number of rotatable bonds is 12. The average Bonchev–Trinajstić information content (AvgIpc) is 2.79. The highest BCUT2D eigenvalue weighted by Gasteiger charge is 2.29. The molecule has 3 unspecified atom stereocenters. The van der Waals surface area contributed by atoms with Crippen molar-refractivity contribution in [3.63, 3.8) is 0 Å². The second kappa shape index (κ2) is 12.3. The number of aliphatic hydroxyl groups is 1. The second-order valence-electron chi connectivity index (χ2n) is 9.66. The van der Waals surface area contributed by atoms with Crippen molar-refractivity contribution in [3.8, 4) is 0 Å². The molecule has 3 N–H and O–H groups in total. The zero-order valence-electron chi connectivity index (χ0n) is 19.5. The van der Waals surface area contributed by atoms with Gasteiger partial charge in [0, 0.05) is 0 Å². The second-order valence-corrected chi connectivity index (χ2v) is 9.66. The first kappa shape index (κ1) is 24.7. The number of benzene rings is 2. The average molecular weight is 442 g/mol. The molecule has 1 fully saturated rings. The van der Waals surface area contributed by atoms with Gasteiger partial charge in [0.15, 0.2) is 0 Å². The number of hydrogen-bond acceptors (Lipinski definition) is 4. The molecule has 0 bridgehead atoms. The van der Waals surface area contributed by atoms with Crippen molar-refractivity contribution < 1.29 is 19.7 Å². The third-order valence-corrected chi connectivity index (χ3v) is 6.91. The Morgan fingerprint density at radius 3 is 2.53 bits per heavy atom. The van der Waals surface area contributed by atoms with Crippen molar-refractivity contribution in [2.24, 2.45) is 17.8 Å². The van der Waals surface area contributed by atoms with Crippen LogP contribution in [0.1, 0.15) is 57.9 Å². The molecular formula is C27H39NO4. The molecule has 0 amide bonds. The maximum atomic E-state index is 11.7. The van der Waals surface area contributed by atoms with Crippen molar-refractivity contribution in [1.82, 2.24) is 5.32 Å². The highest BCUT2D eigenvalue weighted by atomic mass is 16.5. The minimum Gasteiger partial charge on any atom is -0.481 e. The van der Waals surface area contributed by atoms with Gasteiger partial charge in [-0.15, -0.1) is 0 Å². The van der Waals surface area contributed by atoms with E-state index in [4.69, 9.17) is 4.74 Å². The van der Waals surface area contributed by atoms with Gasteiger partial charge in [-0.3, -0.25) is 4.79 Å². The summed E-state index contributed by atoms with van der Waals surface area (Å²) in [6.45, 7) is 5.45. The molecule has 0 radical (unpaired) electrons. The van der Waals surface area contributed by atoms with Crippen molar-refractivity contribution in [3.05, 3.63) is 48.0 Å². The molecule has 0 spiro atoms. The van der Waals surface area contributed by atoms with Crippen LogP contribution in [0.25, 0.3) is 10.8 Å². The van der Waals surface area contributed by atoms with Crippen LogP contribution in [-0.2, 0) is 16.1 Å². The lowest BCUT2D eigenvalue weighted by molar-refractivity contribution is -0.144. The summed E-state index contributed by atoms with van der Waals surface area (Å²) in [5.41, 5.74) is 1.12. The Balaban J connectivity index is 1.63. The summed E-state index contributed by atoms with van der Waals surface area (Å²) in [6.07, 6.45) is 5.75. The molecule has 3 atom stereocenters. The summed E-state index contributed by atoms with van der Waals surface area (Å²) in [6, 6.07) is 14.2. The molecule has 5 heteroatoms. The Hall–Kier alpha value is -1.95. The first-order valence-corrected chi connectivity index (χ1v) is 12.1. The number of carbonyl (C=O) groups is 1. The van der Waals surface area contributed by atoms with Crippen LogP contribution in [-0.4, -0.2) is 41.5 Å². The summed E-state index contributed by atoms with van der Waals surface area (Å²) in [5, 5.41) is 26.4. The number of carboxylic acid groups (broad SMARTS) is 1. The monoisotopic (exact) mass is 441 g/mol. The summed E-state index contributed by atoms with van der Waals surface area (Å²) in [5.74, 6) is -0.821. The van der Waals surface area contributed by atoms with E-state index in [0.29, 0.717) is 19.1 Å². The van der Waals surface area contributed by atoms with Gasteiger partial charge in [0.1, 0.15) is 0 Å². The van der Waals surface area contributed by atoms with E-state index in [1.807, 2.05) is 32.0 Å². The van der Waals surface area contributed by atoms with E-state index in [0.717, 1.165) is 12.1 Å². The topological polar surface area (TPSA) is 78.8 Å². The number of hydrogen-bond donors (Lipinski definition) is 3. The van der Waals surface area contributed by atoms with Crippen LogP contribution in [0.2, 0.25) is 0 Å². The van der Waals surface area contributed by atoms with E-state index in [-0.39, 0.29) is 18.4 Å². The predicted octanol–water partition coefficient (Wildman–Crippen LogP) is 5.00. The first-order chi connectivity index (χ1) is 15.5. The Morgan fingerprint density at radius 2 is 1.81 bits per heavy atom. The van der Waals surface area contributed by atoms with Gasteiger partial charge in [-0.05, 0) is 54.0 Å². The van der Waals surface area contributed by atoms with E-state index in [1.165, 1.54) is 42.9 Å². The summed E-state index contributed by atoms with van der Waals surface area (Å²) in [7, 11) is 0. The standard InChI is InChI=1S/C27H39NO4/c1-19(2)24(27(30)31)15-26(29)25(28-16-20-9-4-3-5-10-20)18-32-17-22-13-8-12-21-11-6-7-14-23(21)22/h6-8,11-14,19-20,24-26,28-29H,3-5,9-10,15-18H2,1-2H3,(H,30,31). The van der Waals surface area contributed by atoms with Gasteiger partial charge < -0.3 is 20.3 Å². The molecule has 3 rings (SSSR count). The number of nitrogens with one attached hydrogen (secondary N) is 1. The van der Waals surface area contributed by atoms with Crippen molar-refractivity contribution in [2.45, 2.75) is 71.1 Å². The molecular weight excluding hydrogens is 402 g/mol. The fourth-order valence-corrected chi connectivity index (χ4v) is 4.81. The first-order valence-electron chi connectivity index (χ1n) is 12.1. The van der Waals surface area contributed by atoms with Gasteiger partial charge in [-0.25, -0.2) is 0 Å². The molecule has 0 saturated heterocycles. The molecule has 1 aliphatic carbocycles. The lowest BCUT2D eigenvalue weighted by Crippen LogP contribution is -2.47. The van der Waals surface area contributed by atoms with Gasteiger partial charge >= 0.3 is 5.97 Å². The highest BCUT2D eigenvalue weighted by Crippen LogP contribution is 2.24. The van der Waals surface area contributed by atoms with Gasteiger partial charge in [0.2, 0.25) is 0 Å². The zero-order valence-corrected chi connectivity index (χ0v) is 19.5. The van der Waals surface area contributed by atoms with E-state index < -0.39 is 18.0 Å². The molecule has 2 aromatic rings. The molecule has 176 valence electrons. The van der Waals surface area contributed by atoms with Gasteiger partial charge in [0.25, 0.3) is 0 Å². The maximum Gasteiger partial charge on any atom is 0.306 e. The highest BCUT2D eigenvalue weighted by molar-refractivity contribution is 5.85. The summed E-state index contributed by atoms with van der Waals surface area (Å²) in [4.78, 5) is 11.7. The van der Waals surface area contributed by atoms with Crippen molar-refractivity contribution in [2.75, 3.05) is 13.2 Å². The summed E-state index contributed by atoms with van der Waals surface area (Å²) < 4.78 is 6.08. The molecule has 0 heterocycles.